The Morgan fingerprint density at radius 2 is 1.71 bits per heavy atom. The van der Waals surface area contributed by atoms with Crippen molar-refractivity contribution >= 4 is 23.4 Å². The minimum atomic E-state index is -2.47. The summed E-state index contributed by atoms with van der Waals surface area (Å²) in [5.74, 6) is -2.79. The van der Waals surface area contributed by atoms with E-state index in [0.717, 1.165) is 0 Å². The van der Waals surface area contributed by atoms with E-state index in [1.807, 2.05) is 6.07 Å². The van der Waals surface area contributed by atoms with Crippen LogP contribution in [0.5, 0.6) is 0 Å². The molecule has 21 heavy (non-hydrogen) atoms. The van der Waals surface area contributed by atoms with Crippen molar-refractivity contribution in [2.45, 2.75) is 10.7 Å². The lowest BCUT2D eigenvalue weighted by molar-refractivity contribution is 0.102. The Morgan fingerprint density at radius 3 is 2.24 bits per heavy atom. The van der Waals surface area contributed by atoms with E-state index < -0.39 is 5.76 Å². The normalized spacial score (nSPS) is 10.2. The number of nitrogens with one attached hydrogen (secondary N) is 1. The average Bonchev–Trinajstić information content (AvgIpc) is 2.49. The van der Waals surface area contributed by atoms with Gasteiger partial charge < -0.3 is 5.32 Å². The van der Waals surface area contributed by atoms with Crippen molar-refractivity contribution in [3.05, 3.63) is 59.7 Å². The summed E-state index contributed by atoms with van der Waals surface area (Å²) in [6, 6.07) is 14.3. The number of amides is 1. The number of anilines is 1. The summed E-state index contributed by atoms with van der Waals surface area (Å²) in [5, 5.41) is 11.3. The van der Waals surface area contributed by atoms with E-state index >= 15 is 0 Å². The Labute approximate surface area is 124 Å². The molecule has 0 spiro atoms. The van der Waals surface area contributed by atoms with Crippen LogP contribution in [0.2, 0.25) is 0 Å². The van der Waals surface area contributed by atoms with Crippen LogP contribution in [-0.2, 0) is 0 Å². The quantitative estimate of drug-likeness (QED) is 0.864. The molecule has 0 saturated carbocycles. The topological polar surface area (TPSA) is 52.9 Å². The second-order valence-electron chi connectivity index (χ2n) is 4.05. The van der Waals surface area contributed by atoms with Crippen LogP contribution in [0.15, 0.2) is 53.4 Å². The monoisotopic (exact) mass is 304 g/mol. The largest absolute Gasteiger partial charge is 0.322 e. The minimum absolute atomic E-state index is 0.325. The van der Waals surface area contributed by atoms with Crippen molar-refractivity contribution in [3.63, 3.8) is 0 Å². The van der Waals surface area contributed by atoms with E-state index in [9.17, 15) is 13.6 Å². The van der Waals surface area contributed by atoms with E-state index in [-0.39, 0.29) is 5.91 Å². The molecule has 0 heterocycles. The molecule has 0 aromatic heterocycles. The second kappa shape index (κ2) is 6.86. The second-order valence-corrected chi connectivity index (χ2v) is 5.11. The van der Waals surface area contributed by atoms with Crippen molar-refractivity contribution in [1.82, 2.24) is 0 Å². The number of halogens is 2. The molecule has 0 atom stereocenters. The molecule has 1 N–H and O–H groups in total. The van der Waals surface area contributed by atoms with Crippen LogP contribution in [0.3, 0.4) is 0 Å². The van der Waals surface area contributed by atoms with Gasteiger partial charge in [-0.15, -0.1) is 0 Å². The maximum atomic E-state index is 12.2. The van der Waals surface area contributed by atoms with Crippen LogP contribution in [-0.4, -0.2) is 11.7 Å². The van der Waals surface area contributed by atoms with Crippen LogP contribution in [0.25, 0.3) is 0 Å². The van der Waals surface area contributed by atoms with Gasteiger partial charge in [-0.2, -0.15) is 14.0 Å². The number of benzene rings is 2. The molecular formula is C15H10F2N2OS. The van der Waals surface area contributed by atoms with Gasteiger partial charge in [0.1, 0.15) is 0 Å². The van der Waals surface area contributed by atoms with E-state index in [1.54, 1.807) is 36.4 Å². The molecule has 0 bridgehead atoms. The Balaban J connectivity index is 2.03. The predicted octanol–water partition coefficient (Wildman–Crippen LogP) is 4.13. The smallest absolute Gasteiger partial charge is 0.288 e. The third-order valence-electron chi connectivity index (χ3n) is 2.61. The van der Waals surface area contributed by atoms with Gasteiger partial charge in [-0.25, -0.2) is 0 Å². The van der Waals surface area contributed by atoms with Crippen LogP contribution in [0.1, 0.15) is 15.9 Å². The Kier molecular flexibility index (Phi) is 4.90. The number of carbonyl (C=O) groups is 1. The van der Waals surface area contributed by atoms with Gasteiger partial charge in [-0.1, -0.05) is 11.8 Å². The highest BCUT2D eigenvalue weighted by atomic mass is 32.2. The van der Waals surface area contributed by atoms with Crippen molar-refractivity contribution in [1.29, 1.82) is 5.26 Å². The van der Waals surface area contributed by atoms with Gasteiger partial charge >= 0.3 is 0 Å². The zero-order chi connectivity index (χ0) is 15.2. The summed E-state index contributed by atoms with van der Waals surface area (Å²) < 4.78 is 24.4. The van der Waals surface area contributed by atoms with Gasteiger partial charge in [0.2, 0.25) is 0 Å². The Bertz CT molecular complexity index is 664. The summed E-state index contributed by atoms with van der Waals surface area (Å²) in [5.41, 5.74) is 1.41. The Hall–Kier alpha value is -2.39. The maximum absolute atomic E-state index is 12.2. The van der Waals surface area contributed by atoms with E-state index in [0.29, 0.717) is 33.5 Å². The SMILES string of the molecule is N#Cc1ccc(C(=O)Nc2ccc(SC(F)F)cc2)cc1. The molecule has 0 saturated heterocycles. The number of carbonyl (C=O) groups excluding carboxylic acids is 1. The van der Waals surface area contributed by atoms with Crippen molar-refractivity contribution in [2.24, 2.45) is 0 Å². The fraction of sp³-hybridized carbons (Fsp3) is 0.0667. The highest BCUT2D eigenvalue weighted by Gasteiger charge is 2.08. The molecule has 0 aliphatic rings. The first-order valence-corrected chi connectivity index (χ1v) is 6.83. The highest BCUT2D eigenvalue weighted by molar-refractivity contribution is 7.99. The first kappa shape index (κ1) is 15.0. The Morgan fingerprint density at radius 1 is 1.10 bits per heavy atom. The summed E-state index contributed by atoms with van der Waals surface area (Å²) >= 11 is 0.450. The summed E-state index contributed by atoms with van der Waals surface area (Å²) in [6.45, 7) is 0. The predicted molar refractivity (Wildman–Crippen MR) is 77.4 cm³/mol. The van der Waals surface area contributed by atoms with E-state index in [1.165, 1.54) is 12.1 Å². The molecule has 0 aliphatic heterocycles. The summed E-state index contributed by atoms with van der Waals surface area (Å²) in [4.78, 5) is 12.4. The molecule has 2 aromatic carbocycles. The van der Waals surface area contributed by atoms with Gasteiger partial charge in [0.15, 0.2) is 0 Å². The molecule has 0 radical (unpaired) electrons. The van der Waals surface area contributed by atoms with Gasteiger partial charge in [0.25, 0.3) is 11.7 Å². The number of nitrogens with zero attached hydrogens (tertiary/aromatic N) is 1. The molecule has 2 aromatic rings. The van der Waals surface area contributed by atoms with Gasteiger partial charge in [0, 0.05) is 16.1 Å². The maximum Gasteiger partial charge on any atom is 0.288 e. The number of rotatable bonds is 4. The lowest BCUT2D eigenvalue weighted by atomic mass is 10.1. The summed E-state index contributed by atoms with van der Waals surface area (Å²) in [6.07, 6.45) is 0. The molecule has 106 valence electrons. The first-order valence-electron chi connectivity index (χ1n) is 5.95. The van der Waals surface area contributed by atoms with Crippen LogP contribution >= 0.6 is 11.8 Å². The van der Waals surface area contributed by atoms with Crippen molar-refractivity contribution in [3.8, 4) is 6.07 Å². The molecule has 1 amide bonds. The van der Waals surface area contributed by atoms with Gasteiger partial charge in [0.05, 0.1) is 11.6 Å². The standard InChI is InChI=1S/C15H10F2N2OS/c16-15(17)21-13-7-5-12(6-8-13)19-14(20)11-3-1-10(9-18)2-4-11/h1-8,15H,(H,19,20). The third kappa shape index (κ3) is 4.29. The van der Waals surface area contributed by atoms with Crippen molar-refractivity contribution < 1.29 is 13.6 Å². The van der Waals surface area contributed by atoms with E-state index in [4.69, 9.17) is 5.26 Å². The van der Waals surface area contributed by atoms with Crippen LogP contribution in [0.4, 0.5) is 14.5 Å². The number of alkyl halides is 2. The fourth-order valence-corrected chi connectivity index (χ4v) is 2.12. The van der Waals surface area contributed by atoms with E-state index in [2.05, 4.69) is 5.32 Å². The summed E-state index contributed by atoms with van der Waals surface area (Å²) in [7, 11) is 0. The average molecular weight is 304 g/mol. The number of thioether (sulfide) groups is 1. The zero-order valence-corrected chi connectivity index (χ0v) is 11.5. The van der Waals surface area contributed by atoms with Gasteiger partial charge in [-0.05, 0) is 48.5 Å². The molecule has 0 unspecified atom stereocenters. The third-order valence-corrected chi connectivity index (χ3v) is 3.34. The number of hydrogen-bond donors (Lipinski definition) is 1. The van der Waals surface area contributed by atoms with Gasteiger partial charge in [-0.3, -0.25) is 4.79 Å². The number of nitriles is 1. The fourth-order valence-electron chi connectivity index (χ4n) is 1.62. The molecular weight excluding hydrogens is 294 g/mol. The minimum Gasteiger partial charge on any atom is -0.322 e. The van der Waals surface area contributed by atoms with Crippen LogP contribution < -0.4 is 5.32 Å². The lowest BCUT2D eigenvalue weighted by Crippen LogP contribution is -2.11. The molecule has 0 fully saturated rings. The first-order chi connectivity index (χ1) is 10.1. The van der Waals surface area contributed by atoms with Crippen LogP contribution in [0, 0.1) is 11.3 Å². The molecule has 0 aliphatic carbocycles. The highest BCUT2D eigenvalue weighted by Crippen LogP contribution is 2.26. The molecule has 3 nitrogen and oxygen atoms in total. The number of hydrogen-bond acceptors (Lipinski definition) is 3. The lowest BCUT2D eigenvalue weighted by Gasteiger charge is -2.06. The zero-order valence-electron chi connectivity index (χ0n) is 10.7. The molecule has 6 heteroatoms. The van der Waals surface area contributed by atoms with Crippen molar-refractivity contribution in [2.75, 3.05) is 5.32 Å². The molecule has 2 rings (SSSR count).